The fourth-order valence-electron chi connectivity index (χ4n) is 2.54. The van der Waals surface area contributed by atoms with Crippen LogP contribution in [0.2, 0.25) is 0 Å². The van der Waals surface area contributed by atoms with E-state index in [1.807, 2.05) is 20.8 Å². The van der Waals surface area contributed by atoms with Crippen LogP contribution < -0.4 is 21.1 Å². The number of nitrogens with zero attached hydrogens (tertiary/aromatic N) is 3. The van der Waals surface area contributed by atoms with Gasteiger partial charge in [-0.25, -0.2) is 9.97 Å². The van der Waals surface area contributed by atoms with E-state index in [-0.39, 0.29) is 5.95 Å². The van der Waals surface area contributed by atoms with Crippen LogP contribution in [0.5, 0.6) is 5.88 Å². The normalized spacial score (nSPS) is 10.7. The molecule has 1 aromatic carbocycles. The minimum Gasteiger partial charge on any atom is -0.481 e. The fraction of sp³-hybridized carbons (Fsp3) is 0.286. The number of aromatic nitrogens is 3. The second-order valence-corrected chi connectivity index (χ2v) is 6.34. The quantitative estimate of drug-likeness (QED) is 0.449. The first kappa shape index (κ1) is 23.7. The van der Waals surface area contributed by atoms with Crippen LogP contribution in [0.3, 0.4) is 0 Å². The van der Waals surface area contributed by atoms with Crippen LogP contribution in [0.1, 0.15) is 30.5 Å². The second kappa shape index (κ2) is 9.96. The molecule has 0 aliphatic carbocycles. The van der Waals surface area contributed by atoms with Crippen molar-refractivity contribution in [2.75, 3.05) is 23.5 Å². The monoisotopic (exact) mass is 434 g/mol. The van der Waals surface area contributed by atoms with Crippen molar-refractivity contribution in [3.05, 3.63) is 53.3 Å². The molecule has 0 radical (unpaired) electrons. The lowest BCUT2D eigenvalue weighted by atomic mass is 10.2. The van der Waals surface area contributed by atoms with E-state index in [4.69, 9.17) is 10.5 Å². The number of hydrogen-bond donors (Lipinski definition) is 3. The van der Waals surface area contributed by atoms with Crippen molar-refractivity contribution >= 4 is 28.8 Å². The number of aryl methyl sites for hydroxylation is 2. The van der Waals surface area contributed by atoms with Crippen molar-refractivity contribution in [1.82, 2.24) is 15.0 Å². The molecule has 0 saturated heterocycles. The maximum absolute atomic E-state index is 13.4. The van der Waals surface area contributed by atoms with Gasteiger partial charge in [0.05, 0.1) is 24.2 Å². The Bertz CT molecular complexity index is 1040. The van der Waals surface area contributed by atoms with E-state index in [2.05, 4.69) is 25.6 Å². The zero-order valence-corrected chi connectivity index (χ0v) is 17.9. The zero-order chi connectivity index (χ0) is 23.2. The molecule has 0 atom stereocenters. The zero-order valence-electron chi connectivity index (χ0n) is 17.9. The summed E-state index contributed by atoms with van der Waals surface area (Å²) in [4.78, 5) is 11.9. The lowest BCUT2D eigenvalue weighted by molar-refractivity contribution is -0.137. The van der Waals surface area contributed by atoms with Crippen LogP contribution in [0.15, 0.2) is 36.7 Å². The maximum atomic E-state index is 13.4. The molecule has 2 aromatic heterocycles. The van der Waals surface area contributed by atoms with Crippen molar-refractivity contribution in [3.63, 3.8) is 0 Å². The third-order valence-electron chi connectivity index (χ3n) is 4.09. The number of ether oxygens (including phenoxy) is 1. The van der Waals surface area contributed by atoms with Gasteiger partial charge in [0.1, 0.15) is 11.4 Å². The molecule has 0 unspecified atom stereocenters. The van der Waals surface area contributed by atoms with Gasteiger partial charge in [-0.3, -0.25) is 0 Å². The van der Waals surface area contributed by atoms with Crippen LogP contribution >= 0.6 is 0 Å². The number of alkyl halides is 3. The molecule has 7 nitrogen and oxygen atoms in total. The summed E-state index contributed by atoms with van der Waals surface area (Å²) < 4.78 is 45.4. The lowest BCUT2D eigenvalue weighted by Crippen LogP contribution is -2.13. The molecule has 2 heterocycles. The van der Waals surface area contributed by atoms with Gasteiger partial charge in [-0.15, -0.1) is 0 Å². The number of anilines is 5. The van der Waals surface area contributed by atoms with Gasteiger partial charge in [-0.05, 0) is 37.1 Å². The molecule has 10 heteroatoms. The van der Waals surface area contributed by atoms with E-state index in [1.54, 1.807) is 37.4 Å². The Balaban J connectivity index is 0.00000166. The standard InChI is InChI=1S/C19H19F3N6O.C2H6/c1-10-4-5-14(13(23)6-10)26-17-12(19(20,21)22)9-25-18(28-17)27-15-7-16(29-3)24-8-11(15)2;1-2/h4-9H,23H2,1-3H3,(H2,24,25,26,27,28);1-2H3. The number of nitrogen functional groups attached to an aromatic ring is 1. The molecule has 3 aromatic rings. The number of halogens is 3. The predicted octanol–water partition coefficient (Wildman–Crippen LogP) is 5.61. The summed E-state index contributed by atoms with van der Waals surface area (Å²) in [6, 6.07) is 6.58. The average molecular weight is 434 g/mol. The molecule has 4 N–H and O–H groups in total. The van der Waals surface area contributed by atoms with E-state index in [0.717, 1.165) is 17.3 Å². The minimum absolute atomic E-state index is 0.0254. The van der Waals surface area contributed by atoms with Gasteiger partial charge in [-0.1, -0.05) is 19.9 Å². The summed E-state index contributed by atoms with van der Waals surface area (Å²) in [5, 5.41) is 5.56. The molecular weight excluding hydrogens is 409 g/mol. The van der Waals surface area contributed by atoms with E-state index in [1.165, 1.54) is 7.11 Å². The van der Waals surface area contributed by atoms with Crippen molar-refractivity contribution in [2.24, 2.45) is 0 Å². The largest absolute Gasteiger partial charge is 0.481 e. The number of pyridine rings is 1. The first-order valence-corrected chi connectivity index (χ1v) is 9.52. The van der Waals surface area contributed by atoms with E-state index < -0.39 is 17.6 Å². The highest BCUT2D eigenvalue weighted by Gasteiger charge is 2.35. The van der Waals surface area contributed by atoms with Gasteiger partial charge in [-0.2, -0.15) is 18.2 Å². The topological polar surface area (TPSA) is 98.0 Å². The number of rotatable bonds is 5. The maximum Gasteiger partial charge on any atom is 0.421 e. The van der Waals surface area contributed by atoms with Crippen LogP contribution in [0, 0.1) is 13.8 Å². The molecule has 0 bridgehead atoms. The molecule has 3 rings (SSSR count). The number of benzene rings is 1. The third kappa shape index (κ3) is 5.97. The van der Waals surface area contributed by atoms with Gasteiger partial charge in [0, 0.05) is 18.5 Å². The summed E-state index contributed by atoms with van der Waals surface area (Å²) in [5.74, 6) is -0.0949. The number of nitrogens with one attached hydrogen (secondary N) is 2. The van der Waals surface area contributed by atoms with Gasteiger partial charge < -0.3 is 21.1 Å². The Hall–Kier alpha value is -3.56. The summed E-state index contributed by atoms with van der Waals surface area (Å²) in [6.45, 7) is 7.62. The molecule has 31 heavy (non-hydrogen) atoms. The van der Waals surface area contributed by atoms with Crippen LogP contribution in [-0.4, -0.2) is 22.1 Å². The SMILES string of the molecule is CC.COc1cc(Nc2ncc(C(F)(F)F)c(Nc3ccc(C)cc3N)n2)c(C)cn1. The van der Waals surface area contributed by atoms with Crippen molar-refractivity contribution in [2.45, 2.75) is 33.9 Å². The summed E-state index contributed by atoms with van der Waals surface area (Å²) in [7, 11) is 1.46. The number of hydrogen-bond acceptors (Lipinski definition) is 7. The lowest BCUT2D eigenvalue weighted by Gasteiger charge is -2.16. The fourth-order valence-corrected chi connectivity index (χ4v) is 2.54. The van der Waals surface area contributed by atoms with E-state index in [0.29, 0.717) is 22.9 Å². The highest BCUT2D eigenvalue weighted by atomic mass is 19.4. The molecule has 0 aliphatic heterocycles. The van der Waals surface area contributed by atoms with E-state index >= 15 is 0 Å². The predicted molar refractivity (Wildman–Crippen MR) is 116 cm³/mol. The molecular formula is C21H25F3N6O. The molecule has 0 spiro atoms. The summed E-state index contributed by atoms with van der Waals surface area (Å²) in [6.07, 6.45) is -2.36. The van der Waals surface area contributed by atoms with Gasteiger partial charge in [0.15, 0.2) is 0 Å². The Morgan fingerprint density at radius 2 is 1.68 bits per heavy atom. The summed E-state index contributed by atoms with van der Waals surface area (Å²) >= 11 is 0. The van der Waals surface area contributed by atoms with Crippen molar-refractivity contribution < 1.29 is 17.9 Å². The Kier molecular flexibility index (Phi) is 7.62. The first-order valence-electron chi connectivity index (χ1n) is 9.52. The highest BCUT2D eigenvalue weighted by Crippen LogP contribution is 2.36. The Morgan fingerprint density at radius 3 is 2.29 bits per heavy atom. The smallest absolute Gasteiger partial charge is 0.421 e. The van der Waals surface area contributed by atoms with Crippen LogP contribution in [0.25, 0.3) is 0 Å². The Labute approximate surface area is 178 Å². The molecule has 0 amide bonds. The summed E-state index contributed by atoms with van der Waals surface area (Å²) in [5.41, 5.74) is 7.71. The first-order chi connectivity index (χ1) is 14.7. The van der Waals surface area contributed by atoms with Crippen LogP contribution in [0.4, 0.5) is 42.0 Å². The number of nitrogens with two attached hydrogens (primary N) is 1. The van der Waals surface area contributed by atoms with E-state index in [9.17, 15) is 13.2 Å². The van der Waals surface area contributed by atoms with Gasteiger partial charge in [0.25, 0.3) is 0 Å². The Morgan fingerprint density at radius 1 is 0.968 bits per heavy atom. The second-order valence-electron chi connectivity index (χ2n) is 6.34. The minimum atomic E-state index is -4.64. The molecule has 0 aliphatic rings. The molecule has 166 valence electrons. The number of methoxy groups -OCH3 is 1. The third-order valence-corrected chi connectivity index (χ3v) is 4.09. The van der Waals surface area contributed by atoms with Gasteiger partial charge >= 0.3 is 6.18 Å². The van der Waals surface area contributed by atoms with Gasteiger partial charge in [0.2, 0.25) is 11.8 Å². The molecule has 0 fully saturated rings. The highest BCUT2D eigenvalue weighted by molar-refractivity contribution is 5.73. The average Bonchev–Trinajstić information content (AvgIpc) is 2.72. The van der Waals surface area contributed by atoms with Crippen molar-refractivity contribution in [1.29, 1.82) is 0 Å². The van der Waals surface area contributed by atoms with Crippen LogP contribution in [-0.2, 0) is 6.18 Å². The van der Waals surface area contributed by atoms with Crippen molar-refractivity contribution in [3.8, 4) is 5.88 Å². The molecule has 0 saturated carbocycles.